The fourth-order valence-electron chi connectivity index (χ4n) is 4.34. The number of likely N-dealkylation sites (tertiary alicyclic amines) is 1. The molecule has 7 nitrogen and oxygen atoms in total. The number of nitrogens with one attached hydrogen (secondary N) is 2. The molecule has 0 amide bonds. The number of piperidine rings is 1. The molecule has 0 radical (unpaired) electrons. The van der Waals surface area contributed by atoms with Crippen molar-refractivity contribution in [1.82, 2.24) is 15.2 Å². The van der Waals surface area contributed by atoms with E-state index in [1.54, 1.807) is 7.11 Å². The Morgan fingerprint density at radius 3 is 2.71 bits per heavy atom. The van der Waals surface area contributed by atoms with E-state index in [0.717, 1.165) is 37.3 Å². The molecular weight excluding hydrogens is 409 g/mol. The first-order chi connectivity index (χ1) is 14.8. The third-order valence-corrected chi connectivity index (χ3v) is 6.33. The number of nitrogens with zero attached hydrogens (tertiary/aromatic N) is 4. The van der Waals surface area contributed by atoms with Gasteiger partial charge in [-0.3, -0.25) is 0 Å². The Hall–Kier alpha value is -2.64. The number of pyridine rings is 1. The summed E-state index contributed by atoms with van der Waals surface area (Å²) >= 11 is 0. The molecule has 1 aromatic rings. The smallest absolute Gasteiger partial charge is 0.378 e. The van der Waals surface area contributed by atoms with Crippen LogP contribution in [-0.2, 0) is 10.9 Å². The number of halogens is 3. The molecule has 1 unspecified atom stereocenters. The van der Waals surface area contributed by atoms with Gasteiger partial charge >= 0.3 is 6.18 Å². The van der Waals surface area contributed by atoms with E-state index in [9.17, 15) is 18.4 Å². The van der Waals surface area contributed by atoms with E-state index in [1.807, 2.05) is 6.08 Å². The van der Waals surface area contributed by atoms with Crippen LogP contribution in [0.2, 0.25) is 0 Å². The van der Waals surface area contributed by atoms with Crippen molar-refractivity contribution in [3.8, 4) is 6.07 Å². The molecule has 0 saturated carbocycles. The molecule has 0 spiro atoms. The number of anilines is 1. The van der Waals surface area contributed by atoms with Crippen molar-refractivity contribution in [3.63, 3.8) is 0 Å². The second kappa shape index (κ2) is 8.48. The van der Waals surface area contributed by atoms with Crippen LogP contribution in [0.25, 0.3) is 0 Å². The highest BCUT2D eigenvalue weighted by Gasteiger charge is 2.43. The van der Waals surface area contributed by atoms with Crippen molar-refractivity contribution in [2.45, 2.75) is 31.5 Å². The summed E-state index contributed by atoms with van der Waals surface area (Å²) < 4.78 is 44.6. The molecule has 3 aliphatic rings. The Morgan fingerprint density at radius 2 is 2.06 bits per heavy atom. The maximum Gasteiger partial charge on any atom is 0.416 e. The summed E-state index contributed by atoms with van der Waals surface area (Å²) in [5.41, 5.74) is -1.31. The summed E-state index contributed by atoms with van der Waals surface area (Å²) in [5, 5.41) is 16.3. The molecule has 1 atom stereocenters. The van der Waals surface area contributed by atoms with Crippen LogP contribution in [0, 0.1) is 22.7 Å². The second-order valence-corrected chi connectivity index (χ2v) is 8.22. The Kier molecular flexibility index (Phi) is 5.90. The summed E-state index contributed by atoms with van der Waals surface area (Å²) in [7, 11) is 1.67. The third-order valence-electron chi connectivity index (χ3n) is 6.33. The quantitative estimate of drug-likeness (QED) is 0.758. The fraction of sp³-hybridized carbons (Fsp3) is 0.571. The van der Waals surface area contributed by atoms with Gasteiger partial charge in [-0.25, -0.2) is 9.98 Å². The van der Waals surface area contributed by atoms with E-state index in [2.05, 4.69) is 31.6 Å². The molecule has 2 N–H and O–H groups in total. The largest absolute Gasteiger partial charge is 0.416 e. The first-order valence-electron chi connectivity index (χ1n) is 10.3. The number of alkyl halides is 3. The van der Waals surface area contributed by atoms with Crippen molar-refractivity contribution < 1.29 is 17.9 Å². The zero-order valence-electron chi connectivity index (χ0n) is 17.2. The first-order valence-corrected chi connectivity index (χ1v) is 10.3. The summed E-state index contributed by atoms with van der Waals surface area (Å²) in [4.78, 5) is 10.8. The number of allylic oxidation sites excluding steroid dienone is 1. The number of rotatable bonds is 4. The van der Waals surface area contributed by atoms with E-state index in [4.69, 9.17) is 4.74 Å². The minimum Gasteiger partial charge on any atom is -0.378 e. The van der Waals surface area contributed by atoms with Crippen LogP contribution in [0.4, 0.5) is 19.0 Å². The average molecular weight is 434 g/mol. The number of aliphatic imine (C=N–C) groups is 1. The molecule has 0 bridgehead atoms. The lowest BCUT2D eigenvalue weighted by atomic mass is 9.68. The fourth-order valence-corrected chi connectivity index (χ4v) is 4.34. The van der Waals surface area contributed by atoms with Crippen molar-refractivity contribution in [1.29, 1.82) is 5.26 Å². The standard InChI is InChI=1S/C21H25F3N6O/c1-31-16-11-30(12-16)19-10-15(20(13-25)3-6-26-7-4-20)9-18(29-19)28-17-8-14(2-5-27-17)21(22,23)24/h2,5,8-9,15-16,26H,3-4,6-7,10-12H2,1H3,(H,27,28). The van der Waals surface area contributed by atoms with Crippen LogP contribution in [0.3, 0.4) is 0 Å². The predicted octanol–water partition coefficient (Wildman–Crippen LogP) is 3.00. The zero-order valence-corrected chi connectivity index (χ0v) is 17.2. The van der Waals surface area contributed by atoms with E-state index >= 15 is 0 Å². The average Bonchev–Trinajstić information content (AvgIpc) is 2.73. The molecular formula is C21H25F3N6O. The van der Waals surface area contributed by atoms with Crippen LogP contribution >= 0.6 is 0 Å². The highest BCUT2D eigenvalue weighted by Crippen LogP contribution is 2.42. The Labute approximate surface area is 179 Å². The lowest BCUT2D eigenvalue weighted by Gasteiger charge is -2.44. The van der Waals surface area contributed by atoms with Gasteiger partial charge in [-0.15, -0.1) is 0 Å². The maximum atomic E-state index is 13.1. The summed E-state index contributed by atoms with van der Waals surface area (Å²) in [6, 6.07) is 4.44. The van der Waals surface area contributed by atoms with Crippen LogP contribution in [0.1, 0.15) is 24.8 Å². The van der Waals surface area contributed by atoms with Crippen molar-refractivity contribution >= 4 is 11.7 Å². The monoisotopic (exact) mass is 434 g/mol. The highest BCUT2D eigenvalue weighted by molar-refractivity contribution is 5.86. The number of ether oxygens (including phenoxy) is 1. The molecule has 31 heavy (non-hydrogen) atoms. The topological polar surface area (TPSA) is 85.6 Å². The number of aromatic nitrogens is 1. The first kappa shape index (κ1) is 21.6. The lowest BCUT2D eigenvalue weighted by Crippen LogP contribution is -2.55. The van der Waals surface area contributed by atoms with Gasteiger partial charge in [-0.05, 0) is 44.1 Å². The minimum atomic E-state index is -4.45. The summed E-state index contributed by atoms with van der Waals surface area (Å²) in [6.07, 6.45) is 0.737. The van der Waals surface area contributed by atoms with E-state index in [0.29, 0.717) is 38.2 Å². The molecule has 4 heterocycles. The van der Waals surface area contributed by atoms with Gasteiger partial charge in [0.2, 0.25) is 0 Å². The molecule has 2 fully saturated rings. The number of amidine groups is 1. The van der Waals surface area contributed by atoms with Gasteiger partial charge in [-0.2, -0.15) is 18.4 Å². The van der Waals surface area contributed by atoms with E-state index in [1.165, 1.54) is 0 Å². The number of nitriles is 1. The number of methoxy groups -OCH3 is 1. The Bertz CT molecular complexity index is 910. The van der Waals surface area contributed by atoms with Gasteiger partial charge < -0.3 is 20.3 Å². The molecule has 2 saturated heterocycles. The second-order valence-electron chi connectivity index (χ2n) is 8.22. The molecule has 0 aromatic carbocycles. The molecule has 166 valence electrons. The van der Waals surface area contributed by atoms with Gasteiger partial charge in [0.25, 0.3) is 0 Å². The van der Waals surface area contributed by atoms with Gasteiger partial charge in [0.15, 0.2) is 0 Å². The van der Waals surface area contributed by atoms with E-state index in [-0.39, 0.29) is 17.8 Å². The Morgan fingerprint density at radius 1 is 1.32 bits per heavy atom. The summed E-state index contributed by atoms with van der Waals surface area (Å²) in [5.74, 6) is 1.22. The molecule has 0 aliphatic carbocycles. The van der Waals surface area contributed by atoms with Crippen molar-refractivity contribution in [3.05, 3.63) is 35.8 Å². The highest BCUT2D eigenvalue weighted by atomic mass is 19.4. The van der Waals surface area contributed by atoms with Crippen LogP contribution in [0.5, 0.6) is 0 Å². The predicted molar refractivity (Wildman–Crippen MR) is 109 cm³/mol. The van der Waals surface area contributed by atoms with E-state index < -0.39 is 17.2 Å². The molecule has 1 aromatic heterocycles. The third kappa shape index (κ3) is 4.52. The summed E-state index contributed by atoms with van der Waals surface area (Å²) in [6.45, 7) is 2.94. The minimum absolute atomic E-state index is 0.0690. The van der Waals surface area contributed by atoms with Gasteiger partial charge in [0, 0.05) is 38.7 Å². The van der Waals surface area contributed by atoms with Gasteiger partial charge in [0.1, 0.15) is 17.5 Å². The molecule has 4 rings (SSSR count). The van der Waals surface area contributed by atoms with Crippen LogP contribution in [-0.4, -0.2) is 55.1 Å². The van der Waals surface area contributed by atoms with Gasteiger partial charge in [0.05, 0.1) is 23.2 Å². The van der Waals surface area contributed by atoms with Crippen LogP contribution < -0.4 is 10.6 Å². The van der Waals surface area contributed by atoms with Crippen molar-refractivity contribution in [2.24, 2.45) is 16.3 Å². The molecule has 10 heteroatoms. The normalized spacial score (nSPS) is 24.0. The van der Waals surface area contributed by atoms with Gasteiger partial charge in [-0.1, -0.05) is 0 Å². The Balaban J connectivity index is 1.62. The number of hydrogen-bond donors (Lipinski definition) is 2. The molecule has 3 aliphatic heterocycles. The zero-order chi connectivity index (χ0) is 22.1. The van der Waals surface area contributed by atoms with Crippen LogP contribution in [0.15, 0.2) is 35.2 Å². The number of hydrogen-bond acceptors (Lipinski definition) is 7. The lowest BCUT2D eigenvalue weighted by molar-refractivity contribution is -0.137. The maximum absolute atomic E-state index is 13.1. The van der Waals surface area contributed by atoms with Crippen molar-refractivity contribution in [2.75, 3.05) is 38.6 Å². The SMILES string of the molecule is COC1CN(C2=NC(Nc3cc(C(F)(F)F)ccn3)=CC(C3(C#N)CCNCC3)C2)C1.